The van der Waals surface area contributed by atoms with Gasteiger partial charge < -0.3 is 9.67 Å². The van der Waals surface area contributed by atoms with E-state index in [1.54, 1.807) is 0 Å². The number of nitrogens with zero attached hydrogens (tertiary/aromatic N) is 2. The van der Waals surface area contributed by atoms with E-state index in [1.165, 1.54) is 3.57 Å². The van der Waals surface area contributed by atoms with E-state index in [0.717, 1.165) is 24.0 Å². The summed E-state index contributed by atoms with van der Waals surface area (Å²) in [5.41, 5.74) is 2.16. The summed E-state index contributed by atoms with van der Waals surface area (Å²) in [4.78, 5) is 4.31. The van der Waals surface area contributed by atoms with E-state index in [9.17, 15) is 0 Å². The molecule has 0 aliphatic rings. The van der Waals surface area contributed by atoms with Crippen LogP contribution in [0.4, 0.5) is 0 Å². The predicted octanol–water partition coefficient (Wildman–Crippen LogP) is 2.02. The molecule has 0 amide bonds. The van der Waals surface area contributed by atoms with Crippen LogP contribution < -0.4 is 0 Å². The largest absolute Gasteiger partial charge is 0.396 e. The Kier molecular flexibility index (Phi) is 3.02. The Bertz CT molecular complexity index is 439. The molecule has 0 unspecified atom stereocenters. The summed E-state index contributed by atoms with van der Waals surface area (Å²) >= 11 is 2.28. The van der Waals surface area contributed by atoms with Crippen LogP contribution in [0.25, 0.3) is 11.0 Å². The summed E-state index contributed by atoms with van der Waals surface area (Å²) in [6.45, 7) is 1.05. The zero-order chi connectivity index (χ0) is 9.97. The molecular weight excluding hydrogens is 291 g/mol. The number of aliphatic hydroxyl groups excluding tert-OH is 1. The Morgan fingerprint density at radius 2 is 2.29 bits per heavy atom. The van der Waals surface area contributed by atoms with Crippen LogP contribution in [0, 0.1) is 3.57 Å². The molecule has 2 rings (SSSR count). The molecule has 14 heavy (non-hydrogen) atoms. The Morgan fingerprint density at radius 1 is 1.43 bits per heavy atom. The number of imidazole rings is 1. The summed E-state index contributed by atoms with van der Waals surface area (Å²) in [6, 6.07) is 6.20. The third-order valence-corrected chi connectivity index (χ3v) is 2.81. The van der Waals surface area contributed by atoms with Crippen molar-refractivity contribution >= 4 is 33.6 Å². The highest BCUT2D eigenvalue weighted by atomic mass is 127. The molecule has 0 aliphatic heterocycles. The van der Waals surface area contributed by atoms with E-state index >= 15 is 0 Å². The van der Waals surface area contributed by atoms with E-state index in [4.69, 9.17) is 5.11 Å². The maximum atomic E-state index is 8.75. The van der Waals surface area contributed by atoms with Crippen LogP contribution in [0.1, 0.15) is 6.42 Å². The lowest BCUT2D eigenvalue weighted by Crippen LogP contribution is -1.97. The third-order valence-electron chi connectivity index (χ3n) is 2.14. The van der Waals surface area contributed by atoms with Gasteiger partial charge in [0.15, 0.2) is 0 Å². The average molecular weight is 302 g/mol. The number of hydrogen-bond donors (Lipinski definition) is 1. The highest BCUT2D eigenvalue weighted by Crippen LogP contribution is 2.16. The quantitative estimate of drug-likeness (QED) is 0.881. The average Bonchev–Trinajstić information content (AvgIpc) is 2.57. The van der Waals surface area contributed by atoms with Crippen LogP contribution in [0.5, 0.6) is 0 Å². The van der Waals surface area contributed by atoms with Gasteiger partial charge in [0.05, 0.1) is 17.4 Å². The van der Waals surface area contributed by atoms with Crippen LogP contribution in [0.2, 0.25) is 0 Å². The Balaban J connectivity index is 2.37. The summed E-state index contributed by atoms with van der Waals surface area (Å²) in [5.74, 6) is 0. The Hall–Kier alpha value is -0.620. The fourth-order valence-corrected chi connectivity index (χ4v) is 1.93. The van der Waals surface area contributed by atoms with Gasteiger partial charge in [-0.2, -0.15) is 0 Å². The number of rotatable bonds is 3. The van der Waals surface area contributed by atoms with Crippen LogP contribution in [-0.4, -0.2) is 21.3 Å². The molecule has 1 aromatic carbocycles. The zero-order valence-electron chi connectivity index (χ0n) is 7.65. The normalized spacial score (nSPS) is 11.0. The molecule has 3 nitrogen and oxygen atoms in total. The van der Waals surface area contributed by atoms with Crippen molar-refractivity contribution in [3.63, 3.8) is 0 Å². The Labute approximate surface area is 95.9 Å². The smallest absolute Gasteiger partial charge is 0.0958 e. The highest BCUT2D eigenvalue weighted by Gasteiger charge is 2.01. The molecule has 0 saturated heterocycles. The second kappa shape index (κ2) is 4.27. The van der Waals surface area contributed by atoms with Crippen molar-refractivity contribution in [2.45, 2.75) is 13.0 Å². The first-order chi connectivity index (χ1) is 6.81. The molecule has 0 atom stereocenters. The van der Waals surface area contributed by atoms with Gasteiger partial charge in [-0.15, -0.1) is 0 Å². The van der Waals surface area contributed by atoms with E-state index in [0.29, 0.717) is 0 Å². The van der Waals surface area contributed by atoms with Crippen molar-refractivity contribution in [1.82, 2.24) is 9.55 Å². The predicted molar refractivity (Wildman–Crippen MR) is 64.2 cm³/mol. The SMILES string of the molecule is OCCCn1cnc2cc(I)ccc21. The summed E-state index contributed by atoms with van der Waals surface area (Å²) in [6.07, 6.45) is 2.61. The minimum Gasteiger partial charge on any atom is -0.396 e. The third kappa shape index (κ3) is 1.90. The van der Waals surface area contributed by atoms with Gasteiger partial charge in [0.1, 0.15) is 0 Å². The lowest BCUT2D eigenvalue weighted by molar-refractivity contribution is 0.280. The fourth-order valence-electron chi connectivity index (χ4n) is 1.46. The van der Waals surface area contributed by atoms with Gasteiger partial charge in [-0.3, -0.25) is 0 Å². The number of aryl methyl sites for hydroxylation is 1. The van der Waals surface area contributed by atoms with Gasteiger partial charge in [-0.05, 0) is 47.2 Å². The topological polar surface area (TPSA) is 38.0 Å². The second-order valence-electron chi connectivity index (χ2n) is 3.15. The van der Waals surface area contributed by atoms with Crippen molar-refractivity contribution in [1.29, 1.82) is 0 Å². The molecular formula is C10H11IN2O. The second-order valence-corrected chi connectivity index (χ2v) is 4.39. The van der Waals surface area contributed by atoms with Gasteiger partial charge in [0.2, 0.25) is 0 Å². The van der Waals surface area contributed by atoms with E-state index in [-0.39, 0.29) is 6.61 Å². The highest BCUT2D eigenvalue weighted by molar-refractivity contribution is 14.1. The van der Waals surface area contributed by atoms with Gasteiger partial charge in [0.25, 0.3) is 0 Å². The van der Waals surface area contributed by atoms with Crippen molar-refractivity contribution < 1.29 is 5.11 Å². The van der Waals surface area contributed by atoms with Crippen molar-refractivity contribution in [2.75, 3.05) is 6.61 Å². The number of aromatic nitrogens is 2. The van der Waals surface area contributed by atoms with E-state index in [2.05, 4.69) is 50.3 Å². The number of benzene rings is 1. The standard InChI is InChI=1S/C10H11IN2O/c11-8-2-3-10-9(6-8)12-7-13(10)4-1-5-14/h2-3,6-7,14H,1,4-5H2. The molecule has 0 saturated carbocycles. The number of aliphatic hydroxyl groups is 1. The molecule has 1 heterocycles. The van der Waals surface area contributed by atoms with Crippen LogP contribution in [0.3, 0.4) is 0 Å². The molecule has 0 radical (unpaired) electrons. The van der Waals surface area contributed by atoms with Crippen molar-refractivity contribution in [3.05, 3.63) is 28.1 Å². The van der Waals surface area contributed by atoms with Gasteiger partial charge >= 0.3 is 0 Å². The van der Waals surface area contributed by atoms with Crippen LogP contribution in [0.15, 0.2) is 24.5 Å². The monoisotopic (exact) mass is 302 g/mol. The molecule has 74 valence electrons. The van der Waals surface area contributed by atoms with Gasteiger partial charge in [-0.1, -0.05) is 0 Å². The molecule has 0 aliphatic carbocycles. The van der Waals surface area contributed by atoms with Crippen LogP contribution >= 0.6 is 22.6 Å². The lowest BCUT2D eigenvalue weighted by Gasteiger charge is -2.01. The molecule has 4 heteroatoms. The van der Waals surface area contributed by atoms with E-state index < -0.39 is 0 Å². The maximum Gasteiger partial charge on any atom is 0.0958 e. The minimum absolute atomic E-state index is 0.226. The first-order valence-corrected chi connectivity index (χ1v) is 5.60. The molecule has 2 aromatic rings. The maximum absolute atomic E-state index is 8.75. The molecule has 0 fully saturated rings. The van der Waals surface area contributed by atoms with Gasteiger partial charge in [0, 0.05) is 16.7 Å². The van der Waals surface area contributed by atoms with Gasteiger partial charge in [-0.25, -0.2) is 4.98 Å². The van der Waals surface area contributed by atoms with E-state index in [1.807, 2.05) is 6.33 Å². The first kappa shape index (κ1) is 9.92. The summed E-state index contributed by atoms with van der Waals surface area (Å²) in [7, 11) is 0. The fraction of sp³-hybridized carbons (Fsp3) is 0.300. The summed E-state index contributed by atoms with van der Waals surface area (Å²) in [5, 5.41) is 8.75. The molecule has 0 spiro atoms. The van der Waals surface area contributed by atoms with Crippen LogP contribution in [-0.2, 0) is 6.54 Å². The van der Waals surface area contributed by atoms with Crippen molar-refractivity contribution in [2.24, 2.45) is 0 Å². The number of halogens is 1. The number of fused-ring (bicyclic) bond motifs is 1. The Morgan fingerprint density at radius 3 is 3.07 bits per heavy atom. The first-order valence-electron chi connectivity index (χ1n) is 4.52. The number of hydrogen-bond acceptors (Lipinski definition) is 2. The summed E-state index contributed by atoms with van der Waals surface area (Å²) < 4.78 is 3.27. The molecule has 1 N–H and O–H groups in total. The zero-order valence-corrected chi connectivity index (χ0v) is 9.81. The van der Waals surface area contributed by atoms with Crippen molar-refractivity contribution in [3.8, 4) is 0 Å². The lowest BCUT2D eigenvalue weighted by atomic mass is 10.3. The minimum atomic E-state index is 0.226. The molecule has 0 bridgehead atoms. The molecule has 1 aromatic heterocycles.